The van der Waals surface area contributed by atoms with Crippen LogP contribution in [-0.2, 0) is 14.4 Å². The lowest BCUT2D eigenvalue weighted by Crippen LogP contribution is -2.25. The average molecular weight is 162 g/mol. The van der Waals surface area contributed by atoms with Gasteiger partial charge >= 0.3 is 0 Å². The molecular weight excluding hydrogens is 152 g/mol. The van der Waals surface area contributed by atoms with Crippen molar-refractivity contribution in [3.63, 3.8) is 0 Å². The highest BCUT2D eigenvalue weighted by molar-refractivity contribution is 5.82. The first-order valence-electron chi connectivity index (χ1n) is 2.95. The number of hydrogen-bond acceptors (Lipinski definition) is 4. The van der Waals surface area contributed by atoms with Crippen LogP contribution in [0.4, 0.5) is 0 Å². The Hall–Kier alpha value is -1.14. The van der Waals surface area contributed by atoms with E-state index in [0.717, 1.165) is 0 Å². The van der Waals surface area contributed by atoms with E-state index in [4.69, 9.17) is 5.21 Å². The Kier molecular flexibility index (Phi) is 5.05. The first-order valence-corrected chi connectivity index (χ1v) is 2.95. The number of hydrogen-bond donors (Lipinski definition) is 3. The van der Waals surface area contributed by atoms with Crippen molar-refractivity contribution in [2.24, 2.45) is 0 Å². The van der Waals surface area contributed by atoms with Crippen molar-refractivity contribution in [2.75, 3.05) is 7.11 Å². The predicted octanol–water partition coefficient (Wildman–Crippen LogP) is -1.05. The number of rotatable bonds is 4. The summed E-state index contributed by atoms with van der Waals surface area (Å²) in [4.78, 5) is 25.2. The van der Waals surface area contributed by atoms with Gasteiger partial charge in [-0.2, -0.15) is 0 Å². The minimum Gasteiger partial charge on any atom is -0.289 e. The first kappa shape index (κ1) is 9.86. The highest BCUT2D eigenvalue weighted by Gasteiger charge is 2.04. The normalized spacial score (nSPS) is 8.91. The minimum absolute atomic E-state index is 0.0137. The van der Waals surface area contributed by atoms with Gasteiger partial charge in [0.05, 0.1) is 7.11 Å². The van der Waals surface area contributed by atoms with Crippen LogP contribution in [0, 0.1) is 0 Å². The van der Waals surface area contributed by atoms with E-state index in [9.17, 15) is 9.59 Å². The Morgan fingerprint density at radius 3 is 2.36 bits per heavy atom. The van der Waals surface area contributed by atoms with Crippen molar-refractivity contribution in [2.45, 2.75) is 12.8 Å². The lowest BCUT2D eigenvalue weighted by atomic mass is 10.3. The van der Waals surface area contributed by atoms with E-state index in [-0.39, 0.29) is 12.8 Å². The van der Waals surface area contributed by atoms with E-state index in [1.165, 1.54) is 12.6 Å². The second-order valence-corrected chi connectivity index (χ2v) is 1.76. The van der Waals surface area contributed by atoms with E-state index in [1.54, 1.807) is 0 Å². The molecule has 0 aromatic rings. The molecule has 6 heteroatoms. The van der Waals surface area contributed by atoms with Gasteiger partial charge in [0.15, 0.2) is 0 Å². The zero-order valence-corrected chi connectivity index (χ0v) is 6.09. The molecule has 11 heavy (non-hydrogen) atoms. The monoisotopic (exact) mass is 162 g/mol. The number of hydroxylamine groups is 2. The summed E-state index contributed by atoms with van der Waals surface area (Å²) in [5, 5.41) is 8.02. The molecule has 0 aliphatic rings. The van der Waals surface area contributed by atoms with Crippen LogP contribution in [0.5, 0.6) is 0 Å². The zero-order valence-electron chi connectivity index (χ0n) is 6.09. The standard InChI is InChI=1S/C5H10N2O4/c1-11-7-5(9)3-2-4(8)6-10/h10H,2-3H2,1H3,(H,6,8)(H,7,9). The van der Waals surface area contributed by atoms with Gasteiger partial charge in [-0.15, -0.1) is 0 Å². The molecule has 0 fully saturated rings. The summed E-state index contributed by atoms with van der Waals surface area (Å²) >= 11 is 0. The summed E-state index contributed by atoms with van der Waals surface area (Å²) in [5.41, 5.74) is 3.43. The van der Waals surface area contributed by atoms with Gasteiger partial charge in [0.1, 0.15) is 0 Å². The lowest BCUT2D eigenvalue weighted by Gasteiger charge is -1.99. The smallest absolute Gasteiger partial charge is 0.244 e. The Morgan fingerprint density at radius 1 is 1.36 bits per heavy atom. The van der Waals surface area contributed by atoms with Crippen molar-refractivity contribution in [3.05, 3.63) is 0 Å². The molecule has 6 nitrogen and oxygen atoms in total. The van der Waals surface area contributed by atoms with Gasteiger partial charge in [-0.05, 0) is 0 Å². The van der Waals surface area contributed by atoms with E-state index in [0.29, 0.717) is 0 Å². The van der Waals surface area contributed by atoms with Crippen LogP contribution >= 0.6 is 0 Å². The first-order chi connectivity index (χ1) is 5.20. The van der Waals surface area contributed by atoms with Crippen LogP contribution in [0.2, 0.25) is 0 Å². The zero-order chi connectivity index (χ0) is 8.69. The number of nitrogens with one attached hydrogen (secondary N) is 2. The van der Waals surface area contributed by atoms with Crippen molar-refractivity contribution in [3.8, 4) is 0 Å². The van der Waals surface area contributed by atoms with Crippen LogP contribution in [-0.4, -0.2) is 24.1 Å². The third-order valence-corrected chi connectivity index (χ3v) is 0.920. The van der Waals surface area contributed by atoms with Crippen molar-refractivity contribution >= 4 is 11.8 Å². The number of carbonyl (C=O) groups is 2. The minimum atomic E-state index is -0.601. The molecule has 3 N–H and O–H groups in total. The van der Waals surface area contributed by atoms with E-state index >= 15 is 0 Å². The lowest BCUT2D eigenvalue weighted by molar-refractivity contribution is -0.135. The number of carbonyl (C=O) groups excluding carboxylic acids is 2. The van der Waals surface area contributed by atoms with Crippen molar-refractivity contribution in [1.29, 1.82) is 0 Å². The fourth-order valence-corrected chi connectivity index (χ4v) is 0.448. The average Bonchev–Trinajstić information content (AvgIpc) is 2.01. The van der Waals surface area contributed by atoms with Crippen LogP contribution in [0.1, 0.15) is 12.8 Å². The van der Waals surface area contributed by atoms with E-state index in [1.807, 2.05) is 5.48 Å². The van der Waals surface area contributed by atoms with Gasteiger partial charge in [-0.25, -0.2) is 11.0 Å². The topological polar surface area (TPSA) is 87.7 Å². The molecule has 0 unspecified atom stereocenters. The molecule has 0 bridgehead atoms. The summed E-state index contributed by atoms with van der Waals surface area (Å²) in [6.07, 6.45) is -0.0775. The van der Waals surface area contributed by atoms with E-state index in [2.05, 4.69) is 4.84 Å². The molecule has 0 aliphatic carbocycles. The fourth-order valence-electron chi connectivity index (χ4n) is 0.448. The Morgan fingerprint density at radius 2 is 1.91 bits per heavy atom. The third kappa shape index (κ3) is 5.31. The van der Waals surface area contributed by atoms with Crippen LogP contribution in [0.25, 0.3) is 0 Å². The maximum absolute atomic E-state index is 10.6. The summed E-state index contributed by atoms with van der Waals surface area (Å²) in [6, 6.07) is 0. The van der Waals surface area contributed by atoms with E-state index < -0.39 is 11.8 Å². The maximum atomic E-state index is 10.6. The molecule has 0 aromatic carbocycles. The van der Waals surface area contributed by atoms with Gasteiger partial charge < -0.3 is 0 Å². The highest BCUT2D eigenvalue weighted by Crippen LogP contribution is 1.87. The molecule has 0 radical (unpaired) electrons. The molecule has 0 spiro atoms. The van der Waals surface area contributed by atoms with Crippen molar-refractivity contribution < 1.29 is 19.6 Å². The molecule has 2 amide bonds. The van der Waals surface area contributed by atoms with Crippen molar-refractivity contribution in [1.82, 2.24) is 11.0 Å². The molecule has 0 aromatic heterocycles. The summed E-state index contributed by atoms with van der Waals surface area (Å²) < 4.78 is 0. The molecular formula is C5H10N2O4. The molecule has 0 saturated heterocycles. The fraction of sp³-hybridized carbons (Fsp3) is 0.600. The Labute approximate surface area is 63.4 Å². The summed E-state index contributed by atoms with van der Waals surface area (Å²) in [5.74, 6) is -1.01. The maximum Gasteiger partial charge on any atom is 0.244 e. The SMILES string of the molecule is CONC(=O)CCC(=O)NO. The number of amides is 2. The highest BCUT2D eigenvalue weighted by atomic mass is 16.6. The van der Waals surface area contributed by atoms with Crippen LogP contribution in [0.3, 0.4) is 0 Å². The summed E-state index contributed by atoms with van der Waals surface area (Å²) in [6.45, 7) is 0. The van der Waals surface area contributed by atoms with Gasteiger partial charge in [0.25, 0.3) is 0 Å². The van der Waals surface area contributed by atoms with Crippen LogP contribution < -0.4 is 11.0 Å². The van der Waals surface area contributed by atoms with Gasteiger partial charge in [-0.3, -0.25) is 19.6 Å². The largest absolute Gasteiger partial charge is 0.289 e. The van der Waals surface area contributed by atoms with Gasteiger partial charge in [-0.1, -0.05) is 0 Å². The third-order valence-electron chi connectivity index (χ3n) is 0.920. The van der Waals surface area contributed by atoms with Crippen LogP contribution in [0.15, 0.2) is 0 Å². The molecule has 0 rings (SSSR count). The molecule has 64 valence electrons. The Balaban J connectivity index is 3.38. The molecule has 0 atom stereocenters. The quantitative estimate of drug-likeness (QED) is 0.363. The predicted molar refractivity (Wildman–Crippen MR) is 34.3 cm³/mol. The van der Waals surface area contributed by atoms with Gasteiger partial charge in [0.2, 0.25) is 11.8 Å². The molecule has 0 aliphatic heterocycles. The van der Waals surface area contributed by atoms with Gasteiger partial charge in [0, 0.05) is 12.8 Å². The molecule has 0 saturated carbocycles. The molecule has 0 heterocycles. The Bertz CT molecular complexity index is 147. The second kappa shape index (κ2) is 5.63. The summed E-state index contributed by atoms with van der Waals surface area (Å²) in [7, 11) is 1.30. The second-order valence-electron chi connectivity index (χ2n) is 1.76.